The van der Waals surface area contributed by atoms with Gasteiger partial charge in [-0.3, -0.25) is 0 Å². The fourth-order valence-electron chi connectivity index (χ4n) is 1.94. The third-order valence-corrected chi connectivity index (χ3v) is 4.34. The molecule has 0 aliphatic heterocycles. The molecule has 1 heteroatoms. The first-order valence-corrected chi connectivity index (χ1v) is 8.28. The average Bonchev–Trinajstić information content (AvgIpc) is 2.30. The molecule has 0 saturated carbocycles. The van der Waals surface area contributed by atoms with Gasteiger partial charge >= 0.3 is 0 Å². The van der Waals surface area contributed by atoms with E-state index in [4.69, 9.17) is 0 Å². The number of rotatable bonds is 10. The van der Waals surface area contributed by atoms with E-state index >= 15 is 0 Å². The highest BCUT2D eigenvalue weighted by Gasteiger charge is 2.07. The molecule has 0 bridgehead atoms. The van der Waals surface area contributed by atoms with Crippen LogP contribution in [-0.2, 0) is 0 Å². The molecule has 0 aliphatic rings. The van der Waals surface area contributed by atoms with Crippen LogP contribution in [0.25, 0.3) is 0 Å². The number of hydrogen-bond donors (Lipinski definition) is 0. The van der Waals surface area contributed by atoms with Crippen LogP contribution in [0.5, 0.6) is 0 Å². The Morgan fingerprint density at radius 1 is 0.875 bits per heavy atom. The van der Waals surface area contributed by atoms with E-state index in [9.17, 15) is 0 Å². The summed E-state index contributed by atoms with van der Waals surface area (Å²) in [5.74, 6) is 0. The van der Waals surface area contributed by atoms with Crippen LogP contribution in [0.2, 0.25) is 0 Å². The Hall–Kier alpha value is -0.0431. The lowest BCUT2D eigenvalue weighted by atomic mass is 9.99. The SMILES string of the molecule is CCCCC=C(CCCC)[C]([SiH3])CCCC. The first-order chi connectivity index (χ1) is 7.76. The quantitative estimate of drug-likeness (QED) is 0.392. The Kier molecular flexibility index (Phi) is 11.4. The molecule has 1 radical (unpaired) electrons. The average molecular weight is 239 g/mol. The number of hydrogen-bond acceptors (Lipinski definition) is 0. The van der Waals surface area contributed by atoms with Gasteiger partial charge < -0.3 is 0 Å². The van der Waals surface area contributed by atoms with Crippen molar-refractivity contribution in [3.63, 3.8) is 0 Å². The van der Waals surface area contributed by atoms with Crippen LogP contribution in [0.3, 0.4) is 0 Å². The van der Waals surface area contributed by atoms with Crippen LogP contribution >= 0.6 is 0 Å². The van der Waals surface area contributed by atoms with Gasteiger partial charge in [-0.2, -0.15) is 0 Å². The fourth-order valence-corrected chi connectivity index (χ4v) is 2.75. The molecule has 95 valence electrons. The van der Waals surface area contributed by atoms with Gasteiger partial charge in [-0.15, -0.1) is 0 Å². The second kappa shape index (κ2) is 11.4. The minimum absolute atomic E-state index is 1.27. The first kappa shape index (κ1) is 16.0. The van der Waals surface area contributed by atoms with Crippen molar-refractivity contribution >= 4 is 10.2 Å². The second-order valence-electron chi connectivity index (χ2n) is 4.86. The molecule has 0 N–H and O–H groups in total. The lowest BCUT2D eigenvalue weighted by Crippen LogP contribution is -2.02. The Balaban J connectivity index is 4.10. The normalized spacial score (nSPS) is 12.6. The summed E-state index contributed by atoms with van der Waals surface area (Å²) in [6.07, 6.45) is 14.6. The van der Waals surface area contributed by atoms with Crippen molar-refractivity contribution in [3.8, 4) is 0 Å². The molecule has 0 aromatic rings. The van der Waals surface area contributed by atoms with Gasteiger partial charge in [0.2, 0.25) is 0 Å². The second-order valence-corrected chi connectivity index (χ2v) is 6.07. The van der Waals surface area contributed by atoms with Crippen molar-refractivity contribution in [2.24, 2.45) is 0 Å². The van der Waals surface area contributed by atoms with E-state index in [1.54, 1.807) is 11.1 Å². The zero-order valence-electron chi connectivity index (χ0n) is 11.9. The van der Waals surface area contributed by atoms with Gasteiger partial charge in [0.25, 0.3) is 0 Å². The van der Waals surface area contributed by atoms with E-state index in [0.29, 0.717) is 0 Å². The van der Waals surface area contributed by atoms with Gasteiger partial charge in [0.15, 0.2) is 0 Å². The zero-order valence-corrected chi connectivity index (χ0v) is 13.9. The molecule has 0 rings (SSSR count). The first-order valence-electron chi connectivity index (χ1n) is 7.28. The van der Waals surface area contributed by atoms with Crippen molar-refractivity contribution in [2.45, 2.75) is 78.6 Å². The van der Waals surface area contributed by atoms with Crippen LogP contribution < -0.4 is 0 Å². The highest BCUT2D eigenvalue weighted by molar-refractivity contribution is 6.21. The molecule has 0 aliphatic carbocycles. The number of unbranched alkanes of at least 4 members (excludes halogenated alkanes) is 4. The van der Waals surface area contributed by atoms with E-state index in [0.717, 1.165) is 0 Å². The molecule has 0 aromatic heterocycles. The standard InChI is InChI=1S/C15H31Si/c1-4-7-10-12-14(11-8-5-2)15(16)13-9-6-3/h12H,4-11,13H2,1-3,16H3. The van der Waals surface area contributed by atoms with Crippen LogP contribution in [0.1, 0.15) is 78.6 Å². The molecule has 0 spiro atoms. The summed E-state index contributed by atoms with van der Waals surface area (Å²) in [7, 11) is 1.27. The summed E-state index contributed by atoms with van der Waals surface area (Å²) in [5.41, 5.74) is 3.50. The maximum Gasteiger partial charge on any atom is 0.0165 e. The van der Waals surface area contributed by atoms with Crippen molar-refractivity contribution in [3.05, 3.63) is 17.2 Å². The highest BCUT2D eigenvalue weighted by Crippen LogP contribution is 2.23. The largest absolute Gasteiger partial charge is 0.0851 e. The van der Waals surface area contributed by atoms with Gasteiger partial charge in [0.05, 0.1) is 0 Å². The van der Waals surface area contributed by atoms with E-state index in [1.807, 2.05) is 0 Å². The van der Waals surface area contributed by atoms with Crippen molar-refractivity contribution in [1.82, 2.24) is 0 Å². The Morgan fingerprint density at radius 2 is 1.44 bits per heavy atom. The summed E-state index contributed by atoms with van der Waals surface area (Å²) in [6.45, 7) is 6.87. The van der Waals surface area contributed by atoms with Crippen LogP contribution in [0, 0.1) is 5.54 Å². The Morgan fingerprint density at radius 3 is 2.00 bits per heavy atom. The van der Waals surface area contributed by atoms with E-state index in [2.05, 4.69) is 26.8 Å². The molecule has 0 atom stereocenters. The topological polar surface area (TPSA) is 0 Å². The summed E-state index contributed by atoms with van der Waals surface area (Å²) in [4.78, 5) is 0. The van der Waals surface area contributed by atoms with Crippen molar-refractivity contribution in [1.29, 1.82) is 0 Å². The predicted octanol–water partition coefficient (Wildman–Crippen LogP) is 4.38. The summed E-state index contributed by atoms with van der Waals surface area (Å²) in [6, 6.07) is 0. The third-order valence-electron chi connectivity index (χ3n) is 3.20. The molecule has 0 fully saturated rings. The van der Waals surface area contributed by atoms with Gasteiger partial charge in [-0.1, -0.05) is 64.5 Å². The summed E-state index contributed by atoms with van der Waals surface area (Å²) < 4.78 is 0. The maximum absolute atomic E-state index is 2.54. The molecule has 0 heterocycles. The smallest absolute Gasteiger partial charge is 0.0165 e. The predicted molar refractivity (Wildman–Crippen MR) is 79.8 cm³/mol. The van der Waals surface area contributed by atoms with Crippen LogP contribution in [0.4, 0.5) is 0 Å². The Labute approximate surface area is 106 Å². The summed E-state index contributed by atoms with van der Waals surface area (Å²) in [5, 5.41) is 0. The Bertz CT molecular complexity index is 172. The lowest BCUT2D eigenvalue weighted by molar-refractivity contribution is 0.727. The minimum atomic E-state index is 1.27. The molecule has 16 heavy (non-hydrogen) atoms. The number of allylic oxidation sites excluding steroid dienone is 2. The maximum atomic E-state index is 2.54. The van der Waals surface area contributed by atoms with Gasteiger partial charge in [0.1, 0.15) is 0 Å². The van der Waals surface area contributed by atoms with Crippen molar-refractivity contribution in [2.75, 3.05) is 0 Å². The summed E-state index contributed by atoms with van der Waals surface area (Å²) >= 11 is 0. The zero-order chi connectivity index (χ0) is 12.2. The van der Waals surface area contributed by atoms with E-state index < -0.39 is 0 Å². The van der Waals surface area contributed by atoms with Gasteiger partial charge in [-0.25, -0.2) is 0 Å². The minimum Gasteiger partial charge on any atom is -0.0851 e. The third kappa shape index (κ3) is 8.15. The van der Waals surface area contributed by atoms with Crippen LogP contribution in [0.15, 0.2) is 11.6 Å². The van der Waals surface area contributed by atoms with E-state index in [-0.39, 0.29) is 0 Å². The molecule has 0 aromatic carbocycles. The molecular weight excluding hydrogens is 208 g/mol. The van der Waals surface area contributed by atoms with Crippen LogP contribution in [-0.4, -0.2) is 10.2 Å². The molecule has 0 saturated heterocycles. The van der Waals surface area contributed by atoms with Gasteiger partial charge in [0, 0.05) is 10.2 Å². The molecule has 0 unspecified atom stereocenters. The monoisotopic (exact) mass is 239 g/mol. The molecule has 0 nitrogen and oxygen atoms in total. The van der Waals surface area contributed by atoms with Gasteiger partial charge in [-0.05, 0) is 31.2 Å². The fraction of sp³-hybridized carbons (Fsp3) is 0.800. The van der Waals surface area contributed by atoms with Crippen molar-refractivity contribution < 1.29 is 0 Å². The molecule has 0 amide bonds. The van der Waals surface area contributed by atoms with E-state index in [1.165, 1.54) is 68.0 Å². The highest BCUT2D eigenvalue weighted by atomic mass is 28.1. The lowest BCUT2D eigenvalue weighted by Gasteiger charge is -2.15. The molecular formula is C15H31Si.